The highest BCUT2D eigenvalue weighted by Gasteiger charge is 2.30. The van der Waals surface area contributed by atoms with Crippen molar-refractivity contribution in [1.29, 1.82) is 0 Å². The predicted octanol–water partition coefficient (Wildman–Crippen LogP) is 2.28. The monoisotopic (exact) mass is 372 g/mol. The fourth-order valence-corrected chi connectivity index (χ4v) is 2.77. The maximum Gasteiger partial charge on any atom is 0.274 e. The van der Waals surface area contributed by atoms with Crippen molar-refractivity contribution in [3.05, 3.63) is 53.9 Å². The Morgan fingerprint density at radius 1 is 1.41 bits per heavy atom. The normalized spacial score (nSPS) is 19.3. The van der Waals surface area contributed by atoms with Crippen LogP contribution in [0.25, 0.3) is 0 Å². The van der Waals surface area contributed by atoms with Gasteiger partial charge in [0.25, 0.3) is 5.91 Å². The van der Waals surface area contributed by atoms with E-state index in [-0.39, 0.29) is 18.2 Å². The summed E-state index contributed by atoms with van der Waals surface area (Å²) in [6.45, 7) is 2.03. The van der Waals surface area contributed by atoms with Crippen molar-refractivity contribution in [2.24, 2.45) is 10.7 Å². The summed E-state index contributed by atoms with van der Waals surface area (Å²) in [7, 11) is 0. The minimum Gasteiger partial charge on any atom is -0.489 e. The van der Waals surface area contributed by atoms with E-state index in [2.05, 4.69) is 15.3 Å². The molecule has 1 aromatic heterocycles. The van der Waals surface area contributed by atoms with E-state index in [0.717, 1.165) is 5.56 Å². The molecule has 8 heteroatoms. The lowest BCUT2D eigenvalue weighted by Crippen LogP contribution is -2.37. The molecule has 3 rings (SSSR count). The number of hydrogen-bond donors (Lipinski definition) is 2. The third-order valence-electron chi connectivity index (χ3n) is 4.08. The number of carbonyl (C=O) groups is 1. The fourth-order valence-electron chi connectivity index (χ4n) is 2.77. The topological polar surface area (TPSA) is 98.8 Å². The van der Waals surface area contributed by atoms with Gasteiger partial charge in [0, 0.05) is 5.69 Å². The van der Waals surface area contributed by atoms with Gasteiger partial charge in [-0.05, 0) is 36.8 Å². The van der Waals surface area contributed by atoms with Crippen LogP contribution >= 0.6 is 0 Å². The maximum atomic E-state index is 12.4. The smallest absolute Gasteiger partial charge is 0.274 e. The van der Waals surface area contributed by atoms with Gasteiger partial charge in [-0.25, -0.2) is 9.37 Å². The van der Waals surface area contributed by atoms with Gasteiger partial charge in [-0.1, -0.05) is 12.1 Å². The predicted molar refractivity (Wildman–Crippen MR) is 99.9 cm³/mol. The molecule has 1 aliphatic heterocycles. The van der Waals surface area contributed by atoms with Crippen molar-refractivity contribution in [3.63, 3.8) is 0 Å². The maximum absolute atomic E-state index is 12.4. The quantitative estimate of drug-likeness (QED) is 0.811. The summed E-state index contributed by atoms with van der Waals surface area (Å²) in [5.41, 5.74) is 6.91. The van der Waals surface area contributed by atoms with Gasteiger partial charge >= 0.3 is 0 Å². The van der Waals surface area contributed by atoms with Crippen LogP contribution in [-0.4, -0.2) is 43.2 Å². The van der Waals surface area contributed by atoms with E-state index in [4.69, 9.17) is 15.2 Å². The molecule has 0 radical (unpaired) electrons. The third kappa shape index (κ3) is 4.59. The largest absolute Gasteiger partial charge is 0.489 e. The number of ether oxygens (including phenoxy) is 2. The van der Waals surface area contributed by atoms with Crippen molar-refractivity contribution in [1.82, 2.24) is 4.98 Å². The van der Waals surface area contributed by atoms with Gasteiger partial charge in [-0.2, -0.15) is 0 Å². The van der Waals surface area contributed by atoms with Gasteiger partial charge in [0.2, 0.25) is 0 Å². The van der Waals surface area contributed by atoms with E-state index in [9.17, 15) is 9.18 Å². The van der Waals surface area contributed by atoms with Gasteiger partial charge < -0.3 is 20.5 Å². The third-order valence-corrected chi connectivity index (χ3v) is 4.08. The first-order valence-electron chi connectivity index (χ1n) is 8.49. The van der Waals surface area contributed by atoms with Crippen LogP contribution in [0.15, 0.2) is 47.6 Å². The van der Waals surface area contributed by atoms with Gasteiger partial charge in [0.1, 0.15) is 42.7 Å². The summed E-state index contributed by atoms with van der Waals surface area (Å²) in [4.78, 5) is 21.0. The number of halogens is 1. The zero-order chi connectivity index (χ0) is 19.3. The van der Waals surface area contributed by atoms with Crippen LogP contribution < -0.4 is 15.8 Å². The number of carbonyl (C=O) groups excluding carboxylic acids is 1. The average molecular weight is 372 g/mol. The van der Waals surface area contributed by atoms with Gasteiger partial charge in [-0.15, -0.1) is 0 Å². The van der Waals surface area contributed by atoms with Crippen LogP contribution in [0.3, 0.4) is 0 Å². The van der Waals surface area contributed by atoms with Crippen LogP contribution in [0, 0.1) is 0 Å². The number of aromatic nitrogens is 1. The molecule has 0 saturated heterocycles. The molecule has 0 fully saturated rings. The van der Waals surface area contributed by atoms with E-state index < -0.39 is 12.2 Å². The molecule has 1 unspecified atom stereocenters. The summed E-state index contributed by atoms with van der Waals surface area (Å²) < 4.78 is 22.7. The minimum absolute atomic E-state index is 0.0461. The Morgan fingerprint density at radius 3 is 2.96 bits per heavy atom. The number of aliphatic imine (C=N–C) groups is 1. The van der Waals surface area contributed by atoms with E-state index in [1.165, 1.54) is 12.3 Å². The highest BCUT2D eigenvalue weighted by molar-refractivity contribution is 6.02. The number of pyridine rings is 1. The molecule has 0 spiro atoms. The molecule has 0 aliphatic carbocycles. The summed E-state index contributed by atoms with van der Waals surface area (Å²) in [6.07, 6.45) is 1.39. The highest BCUT2D eigenvalue weighted by atomic mass is 19.1. The van der Waals surface area contributed by atoms with E-state index >= 15 is 0 Å². The average Bonchev–Trinajstić information content (AvgIpc) is 2.67. The lowest BCUT2D eigenvalue weighted by Gasteiger charge is -2.30. The highest BCUT2D eigenvalue weighted by Crippen LogP contribution is 2.30. The molecule has 142 valence electrons. The van der Waals surface area contributed by atoms with Crippen molar-refractivity contribution in [3.8, 4) is 5.75 Å². The molecule has 0 bridgehead atoms. The molecule has 3 N–H and O–H groups in total. The number of alkyl halides is 1. The first kappa shape index (κ1) is 18.8. The Labute approximate surface area is 156 Å². The molecular formula is C19H21FN4O3. The lowest BCUT2D eigenvalue weighted by molar-refractivity contribution is 0.102. The number of amides is 1. The molecule has 1 amide bonds. The Morgan fingerprint density at radius 2 is 2.26 bits per heavy atom. The molecule has 27 heavy (non-hydrogen) atoms. The van der Waals surface area contributed by atoms with E-state index in [1.54, 1.807) is 12.1 Å². The van der Waals surface area contributed by atoms with Crippen LogP contribution in [-0.2, 0) is 10.3 Å². The first-order valence-corrected chi connectivity index (χ1v) is 8.49. The van der Waals surface area contributed by atoms with E-state index in [1.807, 2.05) is 25.1 Å². The fraction of sp³-hybridized carbons (Fsp3) is 0.316. The number of nitrogens with one attached hydrogen (secondary N) is 1. The zero-order valence-electron chi connectivity index (χ0n) is 14.9. The molecular weight excluding hydrogens is 351 g/mol. The number of amidine groups is 1. The minimum atomic E-state index is -0.600. The van der Waals surface area contributed by atoms with Gasteiger partial charge in [0.15, 0.2) is 0 Å². The molecule has 7 nitrogen and oxygen atoms in total. The van der Waals surface area contributed by atoms with Crippen LogP contribution in [0.2, 0.25) is 0 Å². The SMILES string of the molecule is CC1(c2cccc(NC(=O)c3ccc(OCCF)cn3)c2)COCC(N)=N1. The Hall–Kier alpha value is -3.00. The second kappa shape index (κ2) is 8.13. The summed E-state index contributed by atoms with van der Waals surface area (Å²) >= 11 is 0. The van der Waals surface area contributed by atoms with Crippen molar-refractivity contribution >= 4 is 17.4 Å². The number of nitrogens with two attached hydrogens (primary N) is 1. The number of nitrogens with zero attached hydrogens (tertiary/aromatic N) is 2. The zero-order valence-corrected chi connectivity index (χ0v) is 14.9. The summed E-state index contributed by atoms with van der Waals surface area (Å²) in [5.74, 6) is 0.488. The van der Waals surface area contributed by atoms with Crippen molar-refractivity contribution in [2.45, 2.75) is 12.5 Å². The number of anilines is 1. The van der Waals surface area contributed by atoms with Crippen LogP contribution in [0.5, 0.6) is 5.75 Å². The van der Waals surface area contributed by atoms with Crippen LogP contribution in [0.1, 0.15) is 23.0 Å². The Bertz CT molecular complexity index is 841. The van der Waals surface area contributed by atoms with Gasteiger partial charge in [0.05, 0.1) is 12.8 Å². The Balaban J connectivity index is 1.72. The van der Waals surface area contributed by atoms with Gasteiger partial charge in [-0.3, -0.25) is 9.79 Å². The standard InChI is InChI=1S/C19H21FN4O3/c1-19(12-26-11-17(21)24-19)13-3-2-4-14(9-13)23-18(25)16-6-5-15(10-22-16)27-8-7-20/h2-6,9-10H,7-8,11-12H2,1H3,(H2,21,24)(H,23,25). The Kier molecular flexibility index (Phi) is 5.66. The number of hydrogen-bond acceptors (Lipinski definition) is 6. The number of rotatable bonds is 6. The molecule has 2 heterocycles. The molecule has 1 aromatic carbocycles. The second-order valence-corrected chi connectivity index (χ2v) is 6.32. The molecule has 0 saturated carbocycles. The summed E-state index contributed by atoms with van der Waals surface area (Å²) in [6, 6.07) is 10.5. The number of benzene rings is 1. The lowest BCUT2D eigenvalue weighted by atomic mass is 9.92. The van der Waals surface area contributed by atoms with Crippen molar-refractivity contribution in [2.75, 3.05) is 31.8 Å². The molecule has 1 atom stereocenters. The second-order valence-electron chi connectivity index (χ2n) is 6.32. The van der Waals surface area contributed by atoms with Crippen molar-refractivity contribution < 1.29 is 18.7 Å². The van der Waals surface area contributed by atoms with Crippen LogP contribution in [0.4, 0.5) is 10.1 Å². The molecule has 2 aromatic rings. The van der Waals surface area contributed by atoms with E-state index in [0.29, 0.717) is 30.5 Å². The summed E-state index contributed by atoms with van der Waals surface area (Å²) in [5, 5.41) is 2.81. The molecule has 1 aliphatic rings. The first-order chi connectivity index (χ1) is 13.0.